The highest BCUT2D eigenvalue weighted by Gasteiger charge is 1.99. The highest BCUT2D eigenvalue weighted by atomic mass is 32.2. The maximum Gasteiger partial charge on any atom is 0.147 e. The summed E-state index contributed by atoms with van der Waals surface area (Å²) in [5.41, 5.74) is 0. The summed E-state index contributed by atoms with van der Waals surface area (Å²) in [4.78, 5) is 0. The van der Waals surface area contributed by atoms with Crippen LogP contribution in [-0.4, -0.2) is 33.5 Å². The van der Waals surface area contributed by atoms with Gasteiger partial charge in [0.15, 0.2) is 0 Å². The van der Waals surface area contributed by atoms with Crippen LogP contribution >= 0.6 is 0 Å². The summed E-state index contributed by atoms with van der Waals surface area (Å²) in [6.07, 6.45) is 8.73. The summed E-state index contributed by atoms with van der Waals surface area (Å²) >= 11 is 0. The van der Waals surface area contributed by atoms with Crippen molar-refractivity contribution in [3.8, 4) is 12.3 Å². The zero-order valence-electron chi connectivity index (χ0n) is 8.04. The first-order valence-electron chi connectivity index (χ1n) is 4.38. The Bertz CT molecular complexity index is 251. The third-order valence-corrected chi connectivity index (χ3v) is 2.57. The van der Waals surface area contributed by atoms with Crippen molar-refractivity contribution in [1.82, 2.24) is 5.32 Å². The number of hydrogen-bond donors (Lipinski definition) is 1. The number of hydrogen-bond acceptors (Lipinski definition) is 3. The molecule has 0 aromatic heterocycles. The number of rotatable bonds is 7. The summed E-state index contributed by atoms with van der Waals surface area (Å²) in [6.45, 7) is 1.62. The van der Waals surface area contributed by atoms with Crippen molar-refractivity contribution < 1.29 is 8.42 Å². The van der Waals surface area contributed by atoms with E-state index < -0.39 is 9.84 Å². The minimum atomic E-state index is -2.79. The molecule has 0 atom stereocenters. The van der Waals surface area contributed by atoms with Crippen molar-refractivity contribution in [3.05, 3.63) is 0 Å². The summed E-state index contributed by atoms with van der Waals surface area (Å²) in [5.74, 6) is 2.81. The number of terminal acetylenes is 1. The molecule has 0 heterocycles. The van der Waals surface area contributed by atoms with Crippen LogP contribution in [0.2, 0.25) is 0 Å². The van der Waals surface area contributed by atoms with Gasteiger partial charge in [-0.2, -0.15) is 0 Å². The molecule has 76 valence electrons. The average molecular weight is 203 g/mol. The second kappa shape index (κ2) is 6.93. The first kappa shape index (κ1) is 12.5. The fraction of sp³-hybridized carbons (Fsp3) is 0.778. The molecule has 0 saturated heterocycles. The molecule has 0 aromatic carbocycles. The molecule has 0 aliphatic heterocycles. The molecule has 0 fully saturated rings. The maximum atomic E-state index is 10.7. The molecule has 1 N–H and O–H groups in total. The van der Waals surface area contributed by atoms with Crippen LogP contribution in [0, 0.1) is 12.3 Å². The number of nitrogens with one attached hydrogen (secondary N) is 1. The Labute approximate surface area is 80.8 Å². The topological polar surface area (TPSA) is 46.2 Å². The third kappa shape index (κ3) is 11.5. The normalized spacial score (nSPS) is 11.1. The van der Waals surface area contributed by atoms with Gasteiger partial charge in [0.05, 0.1) is 5.75 Å². The largest absolute Gasteiger partial charge is 0.317 e. The minimum Gasteiger partial charge on any atom is -0.317 e. The standard InChI is InChI=1S/C9H17NO2S/c1-3-4-5-7-10-8-6-9-13(2,11)12/h1,10H,4-9H2,2H3. The Hall–Kier alpha value is -0.530. The molecular weight excluding hydrogens is 186 g/mol. The van der Waals surface area contributed by atoms with Crippen molar-refractivity contribution in [2.75, 3.05) is 25.1 Å². The van der Waals surface area contributed by atoms with E-state index in [1.54, 1.807) is 0 Å². The van der Waals surface area contributed by atoms with Crippen molar-refractivity contribution in [2.45, 2.75) is 19.3 Å². The van der Waals surface area contributed by atoms with Crippen LogP contribution in [0.3, 0.4) is 0 Å². The van der Waals surface area contributed by atoms with E-state index in [1.807, 2.05) is 0 Å². The van der Waals surface area contributed by atoms with E-state index in [9.17, 15) is 8.42 Å². The van der Waals surface area contributed by atoms with E-state index in [0.717, 1.165) is 25.9 Å². The van der Waals surface area contributed by atoms with E-state index in [-0.39, 0.29) is 5.75 Å². The van der Waals surface area contributed by atoms with Crippen LogP contribution < -0.4 is 5.32 Å². The van der Waals surface area contributed by atoms with Crippen molar-refractivity contribution in [2.24, 2.45) is 0 Å². The molecule has 0 aliphatic rings. The van der Waals surface area contributed by atoms with Gasteiger partial charge < -0.3 is 5.32 Å². The molecule has 0 aromatic rings. The quantitative estimate of drug-likeness (QED) is 0.482. The van der Waals surface area contributed by atoms with Crippen LogP contribution in [0.4, 0.5) is 0 Å². The van der Waals surface area contributed by atoms with Crippen LogP contribution in [0.5, 0.6) is 0 Å². The second-order valence-electron chi connectivity index (χ2n) is 3.04. The van der Waals surface area contributed by atoms with Gasteiger partial charge in [-0.25, -0.2) is 8.42 Å². The van der Waals surface area contributed by atoms with E-state index in [2.05, 4.69) is 11.2 Å². The van der Waals surface area contributed by atoms with Crippen LogP contribution in [0.15, 0.2) is 0 Å². The van der Waals surface area contributed by atoms with Gasteiger partial charge in [-0.3, -0.25) is 0 Å². The molecule has 4 heteroatoms. The molecule has 13 heavy (non-hydrogen) atoms. The van der Waals surface area contributed by atoms with E-state index in [4.69, 9.17) is 6.42 Å². The Morgan fingerprint density at radius 2 is 1.92 bits per heavy atom. The first-order valence-corrected chi connectivity index (χ1v) is 6.44. The second-order valence-corrected chi connectivity index (χ2v) is 5.30. The lowest BCUT2D eigenvalue weighted by Crippen LogP contribution is -2.19. The molecule has 0 radical (unpaired) electrons. The molecule has 0 aliphatic carbocycles. The zero-order valence-corrected chi connectivity index (χ0v) is 8.86. The van der Waals surface area contributed by atoms with Gasteiger partial charge in [0, 0.05) is 12.7 Å². The van der Waals surface area contributed by atoms with Gasteiger partial charge in [0.2, 0.25) is 0 Å². The fourth-order valence-electron chi connectivity index (χ4n) is 0.900. The van der Waals surface area contributed by atoms with Crippen molar-refractivity contribution in [3.63, 3.8) is 0 Å². The van der Waals surface area contributed by atoms with Gasteiger partial charge in [-0.1, -0.05) is 0 Å². The monoisotopic (exact) mass is 203 g/mol. The summed E-state index contributed by atoms with van der Waals surface area (Å²) in [6, 6.07) is 0. The summed E-state index contributed by atoms with van der Waals surface area (Å²) in [5, 5.41) is 3.13. The van der Waals surface area contributed by atoms with Gasteiger partial charge in [0.1, 0.15) is 9.84 Å². The zero-order chi connectivity index (χ0) is 10.2. The molecule has 0 unspecified atom stereocenters. The molecular formula is C9H17NO2S. The first-order chi connectivity index (χ1) is 6.06. The Morgan fingerprint density at radius 1 is 1.31 bits per heavy atom. The molecule has 0 saturated carbocycles. The van der Waals surface area contributed by atoms with Gasteiger partial charge in [-0.05, 0) is 25.9 Å². The summed E-state index contributed by atoms with van der Waals surface area (Å²) in [7, 11) is -2.79. The predicted molar refractivity (Wildman–Crippen MR) is 55.3 cm³/mol. The fourth-order valence-corrected chi connectivity index (χ4v) is 1.57. The van der Waals surface area contributed by atoms with Crippen LogP contribution in [0.25, 0.3) is 0 Å². The highest BCUT2D eigenvalue weighted by Crippen LogP contribution is 1.88. The SMILES string of the molecule is C#CCCCNCCCS(C)(=O)=O. The minimum absolute atomic E-state index is 0.259. The molecule has 0 amide bonds. The summed E-state index contributed by atoms with van der Waals surface area (Å²) < 4.78 is 21.4. The lowest BCUT2D eigenvalue weighted by atomic mass is 10.3. The Morgan fingerprint density at radius 3 is 2.46 bits per heavy atom. The lowest BCUT2D eigenvalue weighted by molar-refractivity contribution is 0.592. The Balaban J connectivity index is 3.14. The molecule has 0 spiro atoms. The maximum absolute atomic E-state index is 10.7. The molecule has 3 nitrogen and oxygen atoms in total. The average Bonchev–Trinajstić information content (AvgIpc) is 2.01. The Kier molecular flexibility index (Phi) is 6.65. The highest BCUT2D eigenvalue weighted by molar-refractivity contribution is 7.90. The van der Waals surface area contributed by atoms with E-state index >= 15 is 0 Å². The van der Waals surface area contributed by atoms with Crippen LogP contribution in [-0.2, 0) is 9.84 Å². The number of sulfone groups is 1. The number of unbranched alkanes of at least 4 members (excludes halogenated alkanes) is 1. The van der Waals surface area contributed by atoms with E-state index in [1.165, 1.54) is 6.26 Å². The van der Waals surface area contributed by atoms with Crippen LogP contribution in [0.1, 0.15) is 19.3 Å². The third-order valence-electron chi connectivity index (χ3n) is 1.54. The van der Waals surface area contributed by atoms with Crippen molar-refractivity contribution in [1.29, 1.82) is 0 Å². The van der Waals surface area contributed by atoms with E-state index in [0.29, 0.717) is 6.42 Å². The van der Waals surface area contributed by atoms with Gasteiger partial charge >= 0.3 is 0 Å². The predicted octanol–water partition coefficient (Wildman–Crippen LogP) is 0.424. The molecule has 0 rings (SSSR count). The van der Waals surface area contributed by atoms with Gasteiger partial charge in [-0.15, -0.1) is 12.3 Å². The molecule has 0 bridgehead atoms. The van der Waals surface area contributed by atoms with Crippen molar-refractivity contribution >= 4 is 9.84 Å². The van der Waals surface area contributed by atoms with Gasteiger partial charge in [0.25, 0.3) is 0 Å². The smallest absolute Gasteiger partial charge is 0.147 e. The lowest BCUT2D eigenvalue weighted by Gasteiger charge is -2.01.